The molecule has 24 heavy (non-hydrogen) atoms. The summed E-state index contributed by atoms with van der Waals surface area (Å²) < 4.78 is 0. The summed E-state index contributed by atoms with van der Waals surface area (Å²) in [6, 6.07) is 0.447. The van der Waals surface area contributed by atoms with Gasteiger partial charge in [-0.05, 0) is 57.8 Å². The topological polar surface area (TPSA) is 55.5 Å². The largest absolute Gasteiger partial charge is 0.347 e. The second kappa shape index (κ2) is 6.48. The Balaban J connectivity index is 1.36. The molecule has 4 heterocycles. The summed E-state index contributed by atoms with van der Waals surface area (Å²) in [6.45, 7) is 6.39. The van der Waals surface area contributed by atoms with Crippen molar-refractivity contribution < 1.29 is 4.79 Å². The van der Waals surface area contributed by atoms with Crippen LogP contribution in [0.25, 0.3) is 0 Å². The molecule has 132 valence electrons. The molecule has 0 aromatic carbocycles. The van der Waals surface area contributed by atoms with Crippen LogP contribution >= 0.6 is 0 Å². The average molecular weight is 331 g/mol. The molecule has 1 aromatic heterocycles. The second-order valence-electron chi connectivity index (χ2n) is 8.08. The van der Waals surface area contributed by atoms with Gasteiger partial charge in [-0.15, -0.1) is 0 Å². The fourth-order valence-corrected chi connectivity index (χ4v) is 4.75. The van der Waals surface area contributed by atoms with Crippen LogP contribution in [0.15, 0.2) is 12.5 Å². The number of carbonyl (C=O) groups excluding carboxylic acids is 1. The van der Waals surface area contributed by atoms with Gasteiger partial charge in [-0.3, -0.25) is 9.69 Å². The maximum Gasteiger partial charge on any atom is 0.222 e. The Morgan fingerprint density at radius 2 is 2.12 bits per heavy atom. The molecule has 6 nitrogen and oxygen atoms in total. The number of rotatable bonds is 3. The lowest BCUT2D eigenvalue weighted by Crippen LogP contribution is -2.54. The predicted molar refractivity (Wildman–Crippen MR) is 92.4 cm³/mol. The first-order chi connectivity index (χ1) is 11.6. The van der Waals surface area contributed by atoms with Crippen molar-refractivity contribution in [2.45, 2.75) is 44.7 Å². The maximum absolute atomic E-state index is 12.5. The molecule has 1 amide bonds. The van der Waals surface area contributed by atoms with E-state index >= 15 is 0 Å². The van der Waals surface area contributed by atoms with Crippen molar-refractivity contribution in [1.29, 1.82) is 0 Å². The Kier molecular flexibility index (Phi) is 4.35. The number of hydrogen-bond donors (Lipinski definition) is 1. The predicted octanol–water partition coefficient (Wildman–Crippen LogP) is 1.32. The van der Waals surface area contributed by atoms with Crippen molar-refractivity contribution in [1.82, 2.24) is 24.7 Å². The Hall–Kier alpha value is -1.40. The van der Waals surface area contributed by atoms with E-state index in [2.05, 4.69) is 31.7 Å². The number of H-pyrrole nitrogens is 1. The molecule has 1 N–H and O–H groups in total. The smallest absolute Gasteiger partial charge is 0.222 e. The van der Waals surface area contributed by atoms with Gasteiger partial charge in [0.1, 0.15) is 0 Å². The highest BCUT2D eigenvalue weighted by Gasteiger charge is 2.43. The highest BCUT2D eigenvalue weighted by molar-refractivity contribution is 5.77. The SMILES string of the molecule is CN1CC[C@@H](N2CC3(CCC2=O)CCN(Cc2cnc[nH]2)CC3)C1. The van der Waals surface area contributed by atoms with E-state index in [1.165, 1.54) is 18.5 Å². The number of hydrogen-bond acceptors (Lipinski definition) is 4. The highest BCUT2D eigenvalue weighted by atomic mass is 16.2. The van der Waals surface area contributed by atoms with Gasteiger partial charge in [0.05, 0.1) is 6.33 Å². The molecule has 1 aromatic rings. The average Bonchev–Trinajstić information content (AvgIpc) is 3.24. The Bertz CT molecular complexity index is 564. The molecule has 6 heteroatoms. The lowest BCUT2D eigenvalue weighted by Gasteiger charge is -2.49. The minimum atomic E-state index is 0.361. The molecule has 0 unspecified atom stereocenters. The van der Waals surface area contributed by atoms with E-state index in [-0.39, 0.29) is 0 Å². The van der Waals surface area contributed by atoms with Crippen molar-refractivity contribution in [2.24, 2.45) is 5.41 Å². The van der Waals surface area contributed by atoms with Crippen LogP contribution in [0.2, 0.25) is 0 Å². The number of imidazole rings is 1. The molecule has 3 aliphatic rings. The van der Waals surface area contributed by atoms with Crippen molar-refractivity contribution >= 4 is 5.91 Å². The van der Waals surface area contributed by atoms with Crippen LogP contribution in [0.5, 0.6) is 0 Å². The Morgan fingerprint density at radius 1 is 1.29 bits per heavy atom. The standard InChI is InChI=1S/C18H29N5O/c1-21-7-3-16(12-21)23-13-18(4-2-17(23)24)5-8-22(9-6-18)11-15-10-19-14-20-15/h10,14,16H,2-9,11-13H2,1H3,(H,19,20)/t16-/m1/s1. The highest BCUT2D eigenvalue weighted by Crippen LogP contribution is 2.41. The second-order valence-corrected chi connectivity index (χ2v) is 8.08. The zero-order chi connectivity index (χ0) is 16.6. The van der Waals surface area contributed by atoms with Crippen LogP contribution in [-0.4, -0.2) is 76.4 Å². The van der Waals surface area contributed by atoms with Crippen molar-refractivity contribution in [3.8, 4) is 0 Å². The lowest BCUT2D eigenvalue weighted by atomic mass is 9.72. The van der Waals surface area contributed by atoms with E-state index in [9.17, 15) is 4.79 Å². The first kappa shape index (κ1) is 16.1. The van der Waals surface area contributed by atoms with Gasteiger partial charge >= 0.3 is 0 Å². The Morgan fingerprint density at radius 3 is 2.79 bits per heavy atom. The number of likely N-dealkylation sites (N-methyl/N-ethyl adjacent to an activating group) is 1. The number of aromatic amines is 1. The summed E-state index contributed by atoms with van der Waals surface area (Å²) in [6.07, 6.45) is 9.08. The molecule has 3 aliphatic heterocycles. The van der Waals surface area contributed by atoms with Crippen LogP contribution < -0.4 is 0 Å². The molecule has 0 aliphatic carbocycles. The molecule has 0 radical (unpaired) electrons. The number of nitrogens with one attached hydrogen (secondary N) is 1. The maximum atomic E-state index is 12.5. The molecular formula is C18H29N5O. The molecule has 3 fully saturated rings. The van der Waals surface area contributed by atoms with Gasteiger partial charge in [0.2, 0.25) is 5.91 Å². The normalized spacial score (nSPS) is 28.8. The third-order valence-electron chi connectivity index (χ3n) is 6.37. The van der Waals surface area contributed by atoms with E-state index in [0.717, 1.165) is 58.5 Å². The summed E-state index contributed by atoms with van der Waals surface area (Å²) >= 11 is 0. The number of carbonyl (C=O) groups is 1. The molecule has 4 rings (SSSR count). The van der Waals surface area contributed by atoms with Gasteiger partial charge in [0, 0.05) is 44.0 Å². The molecule has 3 saturated heterocycles. The minimum Gasteiger partial charge on any atom is -0.347 e. The Labute approximate surface area is 144 Å². The van der Waals surface area contributed by atoms with Crippen LogP contribution in [0.1, 0.15) is 37.8 Å². The van der Waals surface area contributed by atoms with Crippen molar-refractivity contribution in [3.63, 3.8) is 0 Å². The van der Waals surface area contributed by atoms with Gasteiger partial charge < -0.3 is 14.8 Å². The van der Waals surface area contributed by atoms with Crippen LogP contribution in [-0.2, 0) is 11.3 Å². The van der Waals surface area contributed by atoms with Gasteiger partial charge in [0.15, 0.2) is 0 Å². The first-order valence-electron chi connectivity index (χ1n) is 9.31. The molecule has 0 bridgehead atoms. The van der Waals surface area contributed by atoms with Crippen molar-refractivity contribution in [3.05, 3.63) is 18.2 Å². The summed E-state index contributed by atoms with van der Waals surface area (Å²) in [5.41, 5.74) is 1.56. The van der Waals surface area contributed by atoms with E-state index in [0.29, 0.717) is 17.4 Å². The summed E-state index contributed by atoms with van der Waals surface area (Å²) in [5.74, 6) is 0.390. The van der Waals surface area contributed by atoms with Crippen molar-refractivity contribution in [2.75, 3.05) is 39.8 Å². The zero-order valence-electron chi connectivity index (χ0n) is 14.7. The van der Waals surface area contributed by atoms with Crippen LogP contribution in [0.4, 0.5) is 0 Å². The van der Waals surface area contributed by atoms with Gasteiger partial charge in [-0.2, -0.15) is 0 Å². The lowest BCUT2D eigenvalue weighted by molar-refractivity contribution is -0.142. The van der Waals surface area contributed by atoms with E-state index in [4.69, 9.17) is 0 Å². The monoisotopic (exact) mass is 331 g/mol. The molecule has 1 atom stereocenters. The van der Waals surface area contributed by atoms with E-state index in [1.807, 2.05) is 6.20 Å². The number of amides is 1. The van der Waals surface area contributed by atoms with E-state index in [1.54, 1.807) is 6.33 Å². The van der Waals surface area contributed by atoms with E-state index < -0.39 is 0 Å². The van der Waals surface area contributed by atoms with Gasteiger partial charge in [-0.25, -0.2) is 4.98 Å². The third kappa shape index (κ3) is 3.22. The summed E-state index contributed by atoms with van der Waals surface area (Å²) in [7, 11) is 2.16. The zero-order valence-corrected chi connectivity index (χ0v) is 14.7. The summed E-state index contributed by atoms with van der Waals surface area (Å²) in [5, 5.41) is 0. The van der Waals surface area contributed by atoms with Crippen LogP contribution in [0.3, 0.4) is 0 Å². The first-order valence-corrected chi connectivity index (χ1v) is 9.31. The number of likely N-dealkylation sites (tertiary alicyclic amines) is 3. The van der Waals surface area contributed by atoms with Gasteiger partial charge in [0.25, 0.3) is 0 Å². The number of aromatic nitrogens is 2. The minimum absolute atomic E-state index is 0.361. The number of piperidine rings is 2. The quantitative estimate of drug-likeness (QED) is 0.908. The molecule has 0 saturated carbocycles. The number of nitrogens with zero attached hydrogens (tertiary/aromatic N) is 4. The third-order valence-corrected chi connectivity index (χ3v) is 6.37. The van der Waals surface area contributed by atoms with Crippen LogP contribution in [0, 0.1) is 5.41 Å². The fraction of sp³-hybridized carbons (Fsp3) is 0.778. The molecule has 1 spiro atoms. The molecular weight excluding hydrogens is 302 g/mol. The fourth-order valence-electron chi connectivity index (χ4n) is 4.75. The summed E-state index contributed by atoms with van der Waals surface area (Å²) in [4.78, 5) is 26.9. The van der Waals surface area contributed by atoms with Gasteiger partial charge in [-0.1, -0.05) is 0 Å².